The fraction of sp³-hybridized carbons (Fsp3) is 0.364. The molecule has 0 bridgehead atoms. The van der Waals surface area contributed by atoms with Crippen molar-refractivity contribution in [2.75, 3.05) is 12.3 Å². The Morgan fingerprint density at radius 1 is 1.40 bits per heavy atom. The van der Waals surface area contributed by atoms with Crippen molar-refractivity contribution in [1.82, 2.24) is 4.98 Å². The lowest BCUT2D eigenvalue weighted by molar-refractivity contribution is 0.340. The average molecular weight is 222 g/mol. The van der Waals surface area contributed by atoms with E-state index in [1.54, 1.807) is 0 Å². The maximum absolute atomic E-state index is 5.70. The van der Waals surface area contributed by atoms with Gasteiger partial charge in [0.25, 0.3) is 0 Å². The average Bonchev–Trinajstić information content (AvgIpc) is 2.57. The number of aryl methyl sites for hydroxylation is 1. The number of rotatable bonds is 3. The number of nitrogen functional groups attached to an aromatic ring is 1. The van der Waals surface area contributed by atoms with E-state index in [-0.39, 0.29) is 0 Å². The van der Waals surface area contributed by atoms with Crippen LogP contribution in [-0.2, 0) is 6.42 Å². The zero-order chi connectivity index (χ0) is 10.8. The summed E-state index contributed by atoms with van der Waals surface area (Å²) in [6.45, 7) is 4.78. The first-order chi connectivity index (χ1) is 7.24. The summed E-state index contributed by atoms with van der Waals surface area (Å²) in [4.78, 5) is 4.33. The minimum atomic E-state index is 0.619. The lowest BCUT2D eigenvalue weighted by atomic mass is 10.1. The SMILES string of the molecule is CCOc1cc(CC)c2nc(N)sc2c1. The van der Waals surface area contributed by atoms with Gasteiger partial charge in [0, 0.05) is 0 Å². The van der Waals surface area contributed by atoms with E-state index in [4.69, 9.17) is 10.5 Å². The highest BCUT2D eigenvalue weighted by molar-refractivity contribution is 7.22. The van der Waals surface area contributed by atoms with E-state index in [0.717, 1.165) is 22.4 Å². The summed E-state index contributed by atoms with van der Waals surface area (Å²) in [7, 11) is 0. The number of nitrogens with two attached hydrogens (primary N) is 1. The van der Waals surface area contributed by atoms with Gasteiger partial charge in [0.1, 0.15) is 5.75 Å². The van der Waals surface area contributed by atoms with Crippen LogP contribution < -0.4 is 10.5 Å². The quantitative estimate of drug-likeness (QED) is 0.868. The van der Waals surface area contributed by atoms with E-state index in [1.165, 1.54) is 16.9 Å². The van der Waals surface area contributed by atoms with Crippen molar-refractivity contribution in [3.05, 3.63) is 17.7 Å². The maximum Gasteiger partial charge on any atom is 0.181 e. The minimum absolute atomic E-state index is 0.619. The fourth-order valence-electron chi connectivity index (χ4n) is 1.61. The molecule has 0 fully saturated rings. The molecule has 2 rings (SSSR count). The molecule has 80 valence electrons. The van der Waals surface area contributed by atoms with Crippen molar-refractivity contribution < 1.29 is 4.74 Å². The standard InChI is InChI=1S/C11H14N2OS/c1-3-7-5-8(14-4-2)6-9-10(7)13-11(12)15-9/h5-6H,3-4H2,1-2H3,(H2,12,13). The van der Waals surface area contributed by atoms with Crippen LogP contribution in [0.1, 0.15) is 19.4 Å². The van der Waals surface area contributed by atoms with Crippen LogP contribution in [-0.4, -0.2) is 11.6 Å². The Balaban J connectivity index is 2.59. The van der Waals surface area contributed by atoms with Gasteiger partial charge in [0.2, 0.25) is 0 Å². The van der Waals surface area contributed by atoms with Crippen molar-refractivity contribution in [3.63, 3.8) is 0 Å². The van der Waals surface area contributed by atoms with Gasteiger partial charge in [0.15, 0.2) is 5.13 Å². The Morgan fingerprint density at radius 3 is 2.87 bits per heavy atom. The minimum Gasteiger partial charge on any atom is -0.494 e. The number of hydrogen-bond donors (Lipinski definition) is 1. The third-order valence-electron chi connectivity index (χ3n) is 2.26. The van der Waals surface area contributed by atoms with Crippen LogP contribution >= 0.6 is 11.3 Å². The smallest absolute Gasteiger partial charge is 0.181 e. The van der Waals surface area contributed by atoms with E-state index in [0.29, 0.717) is 11.7 Å². The molecule has 0 saturated carbocycles. The van der Waals surface area contributed by atoms with Gasteiger partial charge in [-0.05, 0) is 31.0 Å². The first-order valence-electron chi connectivity index (χ1n) is 5.06. The summed E-state index contributed by atoms with van der Waals surface area (Å²) in [6, 6.07) is 4.05. The van der Waals surface area contributed by atoms with Crippen molar-refractivity contribution >= 4 is 26.7 Å². The molecule has 1 heterocycles. The number of thiazole rings is 1. The highest BCUT2D eigenvalue weighted by atomic mass is 32.1. The van der Waals surface area contributed by atoms with Gasteiger partial charge >= 0.3 is 0 Å². The summed E-state index contributed by atoms with van der Waals surface area (Å²) < 4.78 is 6.61. The first-order valence-corrected chi connectivity index (χ1v) is 5.88. The van der Waals surface area contributed by atoms with Gasteiger partial charge in [-0.3, -0.25) is 0 Å². The van der Waals surface area contributed by atoms with Gasteiger partial charge in [0.05, 0.1) is 16.8 Å². The molecule has 0 radical (unpaired) electrons. The molecule has 0 spiro atoms. The second-order valence-corrected chi connectivity index (χ2v) is 4.33. The predicted octanol–water partition coefficient (Wildman–Crippen LogP) is 2.84. The summed E-state index contributed by atoms with van der Waals surface area (Å²) in [5.74, 6) is 0.908. The normalized spacial score (nSPS) is 10.8. The fourth-order valence-corrected chi connectivity index (χ4v) is 2.42. The number of ether oxygens (including phenoxy) is 1. The zero-order valence-electron chi connectivity index (χ0n) is 8.91. The van der Waals surface area contributed by atoms with E-state index in [1.807, 2.05) is 19.1 Å². The molecule has 0 unspecified atom stereocenters. The van der Waals surface area contributed by atoms with Crippen molar-refractivity contribution in [3.8, 4) is 5.75 Å². The Labute approximate surface area is 92.9 Å². The predicted molar refractivity (Wildman–Crippen MR) is 64.6 cm³/mol. The second kappa shape index (κ2) is 4.06. The van der Waals surface area contributed by atoms with Crippen LogP contribution in [0.5, 0.6) is 5.75 Å². The summed E-state index contributed by atoms with van der Waals surface area (Å²) >= 11 is 1.51. The molecule has 0 saturated heterocycles. The molecule has 0 aliphatic carbocycles. The molecular formula is C11H14N2OS. The Hall–Kier alpha value is -1.29. The number of aromatic nitrogens is 1. The molecule has 0 aliphatic rings. The molecule has 1 aromatic heterocycles. The van der Waals surface area contributed by atoms with Gasteiger partial charge in [-0.1, -0.05) is 18.3 Å². The monoisotopic (exact) mass is 222 g/mol. The van der Waals surface area contributed by atoms with Crippen LogP contribution in [0.25, 0.3) is 10.2 Å². The molecule has 2 aromatic rings. The molecule has 3 nitrogen and oxygen atoms in total. The Morgan fingerprint density at radius 2 is 2.20 bits per heavy atom. The lowest BCUT2D eigenvalue weighted by Crippen LogP contribution is -1.93. The first kappa shape index (κ1) is 10.2. The summed E-state index contributed by atoms with van der Waals surface area (Å²) in [6.07, 6.45) is 0.945. The van der Waals surface area contributed by atoms with Crippen LogP contribution in [0.3, 0.4) is 0 Å². The van der Waals surface area contributed by atoms with Gasteiger partial charge in [-0.25, -0.2) is 4.98 Å². The molecular weight excluding hydrogens is 208 g/mol. The third kappa shape index (κ3) is 1.90. The van der Waals surface area contributed by atoms with Gasteiger partial charge < -0.3 is 10.5 Å². The molecule has 4 heteroatoms. The van der Waals surface area contributed by atoms with E-state index in [9.17, 15) is 0 Å². The molecule has 15 heavy (non-hydrogen) atoms. The van der Waals surface area contributed by atoms with Gasteiger partial charge in [-0.2, -0.15) is 0 Å². The summed E-state index contributed by atoms with van der Waals surface area (Å²) in [5, 5.41) is 0.619. The van der Waals surface area contributed by atoms with Crippen LogP contribution in [0.4, 0.5) is 5.13 Å². The van der Waals surface area contributed by atoms with Crippen molar-refractivity contribution in [2.45, 2.75) is 20.3 Å². The van der Waals surface area contributed by atoms with Crippen LogP contribution in [0, 0.1) is 0 Å². The largest absolute Gasteiger partial charge is 0.494 e. The number of hydrogen-bond acceptors (Lipinski definition) is 4. The number of nitrogens with zero attached hydrogens (tertiary/aromatic N) is 1. The topological polar surface area (TPSA) is 48.1 Å². The second-order valence-electron chi connectivity index (χ2n) is 3.27. The maximum atomic E-state index is 5.70. The van der Waals surface area contributed by atoms with Gasteiger partial charge in [-0.15, -0.1) is 0 Å². The molecule has 0 amide bonds. The molecule has 0 aliphatic heterocycles. The van der Waals surface area contributed by atoms with E-state index in [2.05, 4.69) is 11.9 Å². The zero-order valence-corrected chi connectivity index (χ0v) is 9.73. The van der Waals surface area contributed by atoms with Crippen molar-refractivity contribution in [1.29, 1.82) is 0 Å². The van der Waals surface area contributed by atoms with Crippen LogP contribution in [0.2, 0.25) is 0 Å². The molecule has 0 atom stereocenters. The number of benzene rings is 1. The Bertz CT molecular complexity index is 479. The molecule has 1 aromatic carbocycles. The van der Waals surface area contributed by atoms with Crippen LogP contribution in [0.15, 0.2) is 12.1 Å². The Kier molecular flexibility index (Phi) is 2.77. The molecule has 2 N–H and O–H groups in total. The number of anilines is 1. The van der Waals surface area contributed by atoms with E-state index >= 15 is 0 Å². The highest BCUT2D eigenvalue weighted by Gasteiger charge is 2.08. The lowest BCUT2D eigenvalue weighted by Gasteiger charge is -2.05. The van der Waals surface area contributed by atoms with E-state index < -0.39 is 0 Å². The third-order valence-corrected chi connectivity index (χ3v) is 3.09. The summed E-state index contributed by atoms with van der Waals surface area (Å²) in [5.41, 5.74) is 7.92. The highest BCUT2D eigenvalue weighted by Crippen LogP contribution is 2.31. The van der Waals surface area contributed by atoms with Crippen molar-refractivity contribution in [2.24, 2.45) is 0 Å². The number of fused-ring (bicyclic) bond motifs is 1.